The van der Waals surface area contributed by atoms with E-state index < -0.39 is 34.6 Å². The number of hydrogen-bond donors (Lipinski definition) is 2. The SMILES string of the molecule is COc1ccc(CC(=O)N(CC23CC4CC(CC(C4)C2)C3)C[C@]2(O)CC[C@H]3c4ccc(cc4C(=O)c4ccc(-c5cc(C(F)(F)F)ccc5Cl)o4)C[C@@H](O)CCC(C)=CCC[C@@]32C)cc1OC. The van der Waals surface area contributed by atoms with Gasteiger partial charge in [0.05, 0.1) is 42.9 Å². The van der Waals surface area contributed by atoms with Gasteiger partial charge in [0.25, 0.3) is 0 Å². The summed E-state index contributed by atoms with van der Waals surface area (Å²) in [6.07, 6.45) is 7.84. The summed E-state index contributed by atoms with van der Waals surface area (Å²) in [4.78, 5) is 31.9. The molecule has 0 aliphatic heterocycles. The molecule has 0 unspecified atom stereocenters. The Labute approximate surface area is 396 Å². The Morgan fingerprint density at radius 1 is 0.881 bits per heavy atom. The second kappa shape index (κ2) is 18.4. The van der Waals surface area contributed by atoms with Gasteiger partial charge in [-0.05, 0) is 185 Å². The van der Waals surface area contributed by atoms with Gasteiger partial charge < -0.3 is 29.0 Å². The summed E-state index contributed by atoms with van der Waals surface area (Å²) in [5, 5.41) is 24.8. The van der Waals surface area contributed by atoms with Crippen molar-refractivity contribution in [2.75, 3.05) is 27.3 Å². The number of aliphatic hydroxyl groups excluding tert-OH is 1. The van der Waals surface area contributed by atoms with E-state index in [9.17, 15) is 28.2 Å². The van der Waals surface area contributed by atoms with Gasteiger partial charge in [-0.2, -0.15) is 13.2 Å². The number of nitrogens with zero attached hydrogens (tertiary/aromatic N) is 1. The lowest BCUT2D eigenvalue weighted by atomic mass is 9.49. The van der Waals surface area contributed by atoms with E-state index in [1.165, 1.54) is 31.4 Å². The smallest absolute Gasteiger partial charge is 0.416 e. The van der Waals surface area contributed by atoms with E-state index >= 15 is 4.79 Å². The van der Waals surface area contributed by atoms with Crippen LogP contribution in [0.25, 0.3) is 11.3 Å². The number of allylic oxidation sites excluding steroid dienone is 2. The summed E-state index contributed by atoms with van der Waals surface area (Å²) in [5.74, 6) is 2.26. The Morgan fingerprint density at radius 2 is 1.60 bits per heavy atom. The molecular formula is C55H63ClF3NO7. The van der Waals surface area contributed by atoms with Gasteiger partial charge in [-0.25, -0.2) is 0 Å². The number of halogens is 4. The number of benzene rings is 3. The van der Waals surface area contributed by atoms with E-state index in [1.54, 1.807) is 20.3 Å². The molecule has 4 atom stereocenters. The molecule has 0 spiro atoms. The monoisotopic (exact) mass is 941 g/mol. The van der Waals surface area contributed by atoms with E-state index in [0.717, 1.165) is 59.7 Å². The Kier molecular flexibility index (Phi) is 13.0. The number of carbonyl (C=O) groups excluding carboxylic acids is 2. The summed E-state index contributed by atoms with van der Waals surface area (Å²) in [6.45, 7) is 4.92. The molecule has 7 aliphatic carbocycles. The zero-order valence-electron chi connectivity index (χ0n) is 39.0. The van der Waals surface area contributed by atoms with Crippen molar-refractivity contribution in [2.45, 2.75) is 128 Å². The van der Waals surface area contributed by atoms with Gasteiger partial charge in [0.1, 0.15) is 5.76 Å². The van der Waals surface area contributed by atoms with Crippen LogP contribution in [0.3, 0.4) is 0 Å². The van der Waals surface area contributed by atoms with E-state index in [4.69, 9.17) is 25.5 Å². The molecule has 11 rings (SSSR count). The van der Waals surface area contributed by atoms with Crippen LogP contribution in [0.4, 0.5) is 13.2 Å². The zero-order chi connectivity index (χ0) is 47.5. The number of aliphatic hydroxyl groups is 2. The number of hydrogen-bond acceptors (Lipinski definition) is 7. The molecule has 1 amide bonds. The number of rotatable bonds is 11. The van der Waals surface area contributed by atoms with Gasteiger partial charge in [-0.3, -0.25) is 9.59 Å². The zero-order valence-corrected chi connectivity index (χ0v) is 39.8. The third kappa shape index (κ3) is 9.46. The predicted molar refractivity (Wildman–Crippen MR) is 251 cm³/mol. The second-order valence-corrected chi connectivity index (χ2v) is 21.6. The Hall–Kier alpha value is -4.58. The quantitative estimate of drug-likeness (QED) is 0.114. The standard InChI is InChI=1S/C55H63ClF3NO7/c1-33-6-5-18-52(2)44(41-12-8-34(23-40(61)11-7-33)24-42(41)51(63)48-16-15-46(67-48)43-27-39(55(57,58)59)10-13-45(43)56)17-19-54(52,64)32-60(31-53-28-36-20-37(29-53)22-38(21-36)30-53)50(62)26-35-9-14-47(65-3)49(25-35)66-4/h6,8-10,12-16,24-25,27,36-38,40,44,61,64H,5,7,11,17-23,26,28-32H2,1-4H3/t36?,37?,38?,40-,44-,52-,53?,54+/m0/s1. The fourth-order valence-corrected chi connectivity index (χ4v) is 13.7. The minimum atomic E-state index is -4.61. The van der Waals surface area contributed by atoms with Crippen LogP contribution in [-0.4, -0.2) is 65.8 Å². The van der Waals surface area contributed by atoms with Crippen LogP contribution in [0.2, 0.25) is 5.02 Å². The molecule has 5 fully saturated rings. The first kappa shape index (κ1) is 47.5. The number of ether oxygens (including phenoxy) is 2. The number of carbonyl (C=O) groups is 2. The Morgan fingerprint density at radius 3 is 2.28 bits per heavy atom. The number of furan rings is 1. The molecule has 5 saturated carbocycles. The molecule has 6 bridgehead atoms. The first-order valence-corrected chi connectivity index (χ1v) is 24.5. The summed E-state index contributed by atoms with van der Waals surface area (Å²) < 4.78 is 58.5. The minimum Gasteiger partial charge on any atom is -0.493 e. The van der Waals surface area contributed by atoms with Crippen LogP contribution in [-0.2, 0) is 23.8 Å². The molecule has 1 aromatic heterocycles. The van der Waals surface area contributed by atoms with E-state index in [-0.39, 0.29) is 52.3 Å². The first-order chi connectivity index (χ1) is 31.9. The molecule has 12 heteroatoms. The van der Waals surface area contributed by atoms with Crippen molar-refractivity contribution in [2.24, 2.45) is 28.6 Å². The lowest BCUT2D eigenvalue weighted by Gasteiger charge is -2.58. The summed E-state index contributed by atoms with van der Waals surface area (Å²) in [6, 6.07) is 17.2. The molecule has 0 saturated heterocycles. The summed E-state index contributed by atoms with van der Waals surface area (Å²) in [5.41, 5.74) is 0.720. The summed E-state index contributed by atoms with van der Waals surface area (Å²) >= 11 is 6.40. The van der Waals surface area contributed by atoms with Crippen LogP contribution in [0, 0.1) is 28.6 Å². The maximum atomic E-state index is 15.0. The maximum Gasteiger partial charge on any atom is 0.416 e. The van der Waals surface area contributed by atoms with Gasteiger partial charge in [-0.1, -0.05) is 48.4 Å². The topological polar surface area (TPSA) is 109 Å². The third-order valence-electron chi connectivity index (χ3n) is 16.6. The molecule has 7 aliphatic rings. The third-order valence-corrected chi connectivity index (χ3v) is 16.9. The molecule has 0 radical (unpaired) electrons. The highest BCUT2D eigenvalue weighted by Crippen LogP contribution is 2.62. The average Bonchev–Trinajstić information content (AvgIpc) is 3.86. The number of amides is 1. The highest BCUT2D eigenvalue weighted by atomic mass is 35.5. The second-order valence-electron chi connectivity index (χ2n) is 21.2. The van der Waals surface area contributed by atoms with Crippen molar-refractivity contribution >= 4 is 23.3 Å². The van der Waals surface area contributed by atoms with Crippen LogP contribution in [0.1, 0.15) is 135 Å². The highest BCUT2D eigenvalue weighted by molar-refractivity contribution is 6.33. The minimum absolute atomic E-state index is 0.000551. The van der Waals surface area contributed by atoms with E-state index in [0.29, 0.717) is 86.3 Å². The maximum absolute atomic E-state index is 15.0. The molecule has 67 heavy (non-hydrogen) atoms. The molecule has 4 aromatic rings. The lowest BCUT2D eigenvalue weighted by molar-refractivity contribution is -0.148. The van der Waals surface area contributed by atoms with Gasteiger partial charge in [0, 0.05) is 29.6 Å². The Bertz CT molecular complexity index is 2510. The number of alkyl halides is 3. The van der Waals surface area contributed by atoms with E-state index in [1.807, 2.05) is 35.2 Å². The number of fused-ring (bicyclic) bond motifs is 8. The van der Waals surface area contributed by atoms with Gasteiger partial charge in [0.15, 0.2) is 17.3 Å². The molecular weight excluding hydrogens is 879 g/mol. The molecule has 3 aromatic carbocycles. The van der Waals surface area contributed by atoms with Crippen molar-refractivity contribution in [1.82, 2.24) is 4.90 Å². The number of ketones is 1. The fourth-order valence-electron chi connectivity index (χ4n) is 13.5. The van der Waals surface area contributed by atoms with Gasteiger partial charge >= 0.3 is 6.18 Å². The number of methoxy groups -OCH3 is 2. The summed E-state index contributed by atoms with van der Waals surface area (Å²) in [7, 11) is 3.16. The fraction of sp³-hybridized carbons (Fsp3) is 0.527. The van der Waals surface area contributed by atoms with Crippen LogP contribution in [0.15, 0.2) is 82.8 Å². The van der Waals surface area contributed by atoms with Crippen molar-refractivity contribution in [3.8, 4) is 22.8 Å². The van der Waals surface area contributed by atoms with Crippen molar-refractivity contribution in [3.05, 3.63) is 117 Å². The Balaban J connectivity index is 1.09. The normalized spacial score (nSPS) is 29.3. The lowest BCUT2D eigenvalue weighted by Crippen LogP contribution is -2.58. The largest absolute Gasteiger partial charge is 0.493 e. The molecule has 358 valence electrons. The van der Waals surface area contributed by atoms with Crippen LogP contribution >= 0.6 is 11.6 Å². The van der Waals surface area contributed by atoms with Crippen molar-refractivity contribution < 1.29 is 46.9 Å². The van der Waals surface area contributed by atoms with Gasteiger partial charge in [0.2, 0.25) is 11.7 Å². The first-order valence-electron chi connectivity index (χ1n) is 24.1. The molecule has 8 nitrogen and oxygen atoms in total. The average molecular weight is 943 g/mol. The molecule has 2 N–H and O–H groups in total. The van der Waals surface area contributed by atoms with Crippen LogP contribution < -0.4 is 9.47 Å². The molecule has 1 heterocycles. The predicted octanol–water partition coefficient (Wildman–Crippen LogP) is 12.2. The van der Waals surface area contributed by atoms with Crippen molar-refractivity contribution in [3.63, 3.8) is 0 Å². The van der Waals surface area contributed by atoms with Crippen LogP contribution in [0.5, 0.6) is 11.5 Å². The van der Waals surface area contributed by atoms with Crippen molar-refractivity contribution in [1.29, 1.82) is 0 Å². The highest BCUT2D eigenvalue weighted by Gasteiger charge is 2.59. The van der Waals surface area contributed by atoms with Gasteiger partial charge in [-0.15, -0.1) is 0 Å². The van der Waals surface area contributed by atoms with E-state index in [2.05, 4.69) is 19.9 Å².